The molecule has 0 aliphatic heterocycles. The number of ether oxygens (including phenoxy) is 1. The maximum absolute atomic E-state index is 5.24. The van der Waals surface area contributed by atoms with E-state index >= 15 is 0 Å². The molecule has 0 aliphatic carbocycles. The van der Waals surface area contributed by atoms with E-state index in [2.05, 4.69) is 34.7 Å². The van der Waals surface area contributed by atoms with E-state index in [0.717, 1.165) is 37.6 Å². The second kappa shape index (κ2) is 13.7. The van der Waals surface area contributed by atoms with Gasteiger partial charge in [-0.25, -0.2) is 0 Å². The lowest BCUT2D eigenvalue weighted by Crippen LogP contribution is -2.38. The second-order valence-corrected chi connectivity index (χ2v) is 5.09. The highest BCUT2D eigenvalue weighted by atomic mass is 127. The first-order valence-corrected chi connectivity index (χ1v) is 7.87. The first-order valence-electron chi connectivity index (χ1n) is 7.87. The number of aryl methyl sites for hydroxylation is 1. The summed E-state index contributed by atoms with van der Waals surface area (Å²) in [6, 6.07) is 8.25. The monoisotopic (exact) mass is 419 g/mol. The number of methoxy groups -OCH3 is 1. The minimum atomic E-state index is 0. The van der Waals surface area contributed by atoms with Crippen LogP contribution in [0.2, 0.25) is 0 Å². The molecule has 0 atom stereocenters. The number of rotatable bonds is 9. The maximum atomic E-state index is 5.24. The summed E-state index contributed by atoms with van der Waals surface area (Å²) in [6.45, 7) is 4.12. The van der Waals surface area contributed by atoms with E-state index in [1.54, 1.807) is 7.11 Å². The molecule has 22 heavy (non-hydrogen) atoms. The molecule has 0 aromatic heterocycles. The molecule has 0 saturated carbocycles. The fraction of sp³-hybridized carbons (Fsp3) is 0.588. The SMILES string of the molecule is CCCCCNC(=NC)NCCCc1cccc(OC)c1.I. The lowest BCUT2D eigenvalue weighted by molar-refractivity contribution is 0.414. The van der Waals surface area contributed by atoms with Gasteiger partial charge in [-0.1, -0.05) is 31.9 Å². The van der Waals surface area contributed by atoms with Gasteiger partial charge in [0, 0.05) is 20.1 Å². The van der Waals surface area contributed by atoms with Gasteiger partial charge in [0.15, 0.2) is 5.96 Å². The Kier molecular flexibility index (Phi) is 13.1. The van der Waals surface area contributed by atoms with Crippen molar-refractivity contribution < 1.29 is 4.74 Å². The quantitative estimate of drug-likeness (QED) is 0.278. The Bertz CT molecular complexity index is 424. The second-order valence-electron chi connectivity index (χ2n) is 5.09. The molecule has 1 aromatic carbocycles. The molecule has 1 rings (SSSR count). The van der Waals surface area contributed by atoms with Gasteiger partial charge >= 0.3 is 0 Å². The largest absolute Gasteiger partial charge is 0.497 e. The topological polar surface area (TPSA) is 45.7 Å². The van der Waals surface area contributed by atoms with Gasteiger partial charge in [0.2, 0.25) is 0 Å². The van der Waals surface area contributed by atoms with Gasteiger partial charge in [-0.3, -0.25) is 4.99 Å². The molecular weight excluding hydrogens is 389 g/mol. The summed E-state index contributed by atoms with van der Waals surface area (Å²) in [5.74, 6) is 1.82. The van der Waals surface area contributed by atoms with Gasteiger partial charge in [0.1, 0.15) is 5.75 Å². The molecule has 1 aromatic rings. The minimum absolute atomic E-state index is 0. The number of hydrogen-bond acceptors (Lipinski definition) is 2. The summed E-state index contributed by atoms with van der Waals surface area (Å²) >= 11 is 0. The Labute approximate surface area is 152 Å². The van der Waals surface area contributed by atoms with Crippen LogP contribution in [0.5, 0.6) is 5.75 Å². The van der Waals surface area contributed by atoms with Crippen LogP contribution in [0.1, 0.15) is 38.2 Å². The van der Waals surface area contributed by atoms with E-state index in [9.17, 15) is 0 Å². The van der Waals surface area contributed by atoms with E-state index in [-0.39, 0.29) is 24.0 Å². The Morgan fingerprint density at radius 1 is 1.14 bits per heavy atom. The normalized spacial score (nSPS) is 10.8. The van der Waals surface area contributed by atoms with Crippen molar-refractivity contribution in [2.45, 2.75) is 39.0 Å². The molecule has 0 bridgehead atoms. The number of benzene rings is 1. The number of unbranched alkanes of at least 4 members (excludes halogenated alkanes) is 2. The Hall–Kier alpha value is -0.980. The molecule has 4 nitrogen and oxygen atoms in total. The Morgan fingerprint density at radius 3 is 2.50 bits per heavy atom. The molecule has 0 heterocycles. The molecule has 0 amide bonds. The summed E-state index contributed by atoms with van der Waals surface area (Å²) in [4.78, 5) is 4.23. The van der Waals surface area contributed by atoms with Gasteiger partial charge in [0.25, 0.3) is 0 Å². The third-order valence-electron chi connectivity index (χ3n) is 3.37. The average molecular weight is 419 g/mol. The molecule has 5 heteroatoms. The molecule has 0 fully saturated rings. The molecule has 0 unspecified atom stereocenters. The lowest BCUT2D eigenvalue weighted by atomic mass is 10.1. The van der Waals surface area contributed by atoms with Crippen LogP contribution in [0.4, 0.5) is 0 Å². The van der Waals surface area contributed by atoms with Crippen LogP contribution in [-0.2, 0) is 6.42 Å². The highest BCUT2D eigenvalue weighted by Crippen LogP contribution is 2.13. The van der Waals surface area contributed by atoms with Crippen molar-refractivity contribution in [1.29, 1.82) is 0 Å². The molecule has 0 saturated heterocycles. The van der Waals surface area contributed by atoms with Crippen LogP contribution in [0.15, 0.2) is 29.3 Å². The Balaban J connectivity index is 0.00000441. The van der Waals surface area contributed by atoms with Crippen LogP contribution >= 0.6 is 24.0 Å². The van der Waals surface area contributed by atoms with E-state index in [0.29, 0.717) is 0 Å². The van der Waals surface area contributed by atoms with Crippen LogP contribution < -0.4 is 15.4 Å². The fourth-order valence-electron chi connectivity index (χ4n) is 2.13. The highest BCUT2D eigenvalue weighted by Gasteiger charge is 1.98. The van der Waals surface area contributed by atoms with Crippen molar-refractivity contribution in [3.8, 4) is 5.75 Å². The van der Waals surface area contributed by atoms with Crippen LogP contribution in [0, 0.1) is 0 Å². The zero-order chi connectivity index (χ0) is 15.3. The van der Waals surface area contributed by atoms with Crippen molar-refractivity contribution in [3.63, 3.8) is 0 Å². The van der Waals surface area contributed by atoms with Crippen LogP contribution in [0.3, 0.4) is 0 Å². The van der Waals surface area contributed by atoms with E-state index in [1.165, 1.54) is 24.8 Å². The molecule has 126 valence electrons. The third-order valence-corrected chi connectivity index (χ3v) is 3.37. The number of aliphatic imine (C=N–C) groups is 1. The van der Waals surface area contributed by atoms with Gasteiger partial charge < -0.3 is 15.4 Å². The molecule has 2 N–H and O–H groups in total. The van der Waals surface area contributed by atoms with Crippen molar-refractivity contribution in [1.82, 2.24) is 10.6 Å². The van der Waals surface area contributed by atoms with Gasteiger partial charge in [-0.2, -0.15) is 0 Å². The van der Waals surface area contributed by atoms with E-state index in [4.69, 9.17) is 4.74 Å². The number of halogens is 1. The smallest absolute Gasteiger partial charge is 0.190 e. The van der Waals surface area contributed by atoms with Crippen molar-refractivity contribution in [2.24, 2.45) is 4.99 Å². The zero-order valence-electron chi connectivity index (χ0n) is 14.0. The molecule has 0 spiro atoms. The standard InChI is InChI=1S/C17H29N3O.HI/c1-4-5-6-12-19-17(18-2)20-13-8-10-15-9-7-11-16(14-15)21-3;/h7,9,11,14H,4-6,8,10,12-13H2,1-3H3,(H2,18,19,20);1H. The number of nitrogens with zero attached hydrogens (tertiary/aromatic N) is 1. The third kappa shape index (κ3) is 9.12. The first kappa shape index (κ1) is 21.0. The highest BCUT2D eigenvalue weighted by molar-refractivity contribution is 14.0. The predicted molar refractivity (Wildman–Crippen MR) is 106 cm³/mol. The van der Waals surface area contributed by atoms with Gasteiger partial charge in [0.05, 0.1) is 7.11 Å². The molecule has 0 radical (unpaired) electrons. The number of guanidine groups is 1. The van der Waals surface area contributed by atoms with E-state index < -0.39 is 0 Å². The number of hydrogen-bond donors (Lipinski definition) is 2. The summed E-state index contributed by atoms with van der Waals surface area (Å²) in [5.41, 5.74) is 1.31. The van der Waals surface area contributed by atoms with Crippen molar-refractivity contribution >= 4 is 29.9 Å². The average Bonchev–Trinajstić information content (AvgIpc) is 2.53. The van der Waals surface area contributed by atoms with Crippen molar-refractivity contribution in [2.75, 3.05) is 27.2 Å². The summed E-state index contributed by atoms with van der Waals surface area (Å²) < 4.78 is 5.24. The fourth-order valence-corrected chi connectivity index (χ4v) is 2.13. The zero-order valence-corrected chi connectivity index (χ0v) is 16.4. The van der Waals surface area contributed by atoms with Crippen molar-refractivity contribution in [3.05, 3.63) is 29.8 Å². The van der Waals surface area contributed by atoms with Crippen LogP contribution in [0.25, 0.3) is 0 Å². The van der Waals surface area contributed by atoms with Gasteiger partial charge in [-0.05, 0) is 37.0 Å². The van der Waals surface area contributed by atoms with Gasteiger partial charge in [-0.15, -0.1) is 24.0 Å². The predicted octanol–water partition coefficient (Wildman–Crippen LogP) is 3.60. The molecule has 0 aliphatic rings. The first-order chi connectivity index (χ1) is 10.3. The summed E-state index contributed by atoms with van der Waals surface area (Å²) in [6.07, 6.45) is 5.81. The van der Waals surface area contributed by atoms with Crippen LogP contribution in [-0.4, -0.2) is 33.2 Å². The lowest BCUT2D eigenvalue weighted by Gasteiger charge is -2.11. The summed E-state index contributed by atoms with van der Waals surface area (Å²) in [7, 11) is 3.52. The Morgan fingerprint density at radius 2 is 1.86 bits per heavy atom. The number of nitrogens with one attached hydrogen (secondary N) is 2. The molecular formula is C17H30IN3O. The summed E-state index contributed by atoms with van der Waals surface area (Å²) in [5, 5.41) is 6.69. The minimum Gasteiger partial charge on any atom is -0.497 e. The van der Waals surface area contributed by atoms with E-state index in [1.807, 2.05) is 19.2 Å². The maximum Gasteiger partial charge on any atom is 0.190 e.